The molecule has 0 spiro atoms. The topological polar surface area (TPSA) is 63.6 Å². The Morgan fingerprint density at radius 1 is 1.44 bits per heavy atom. The number of carbonyl (C=O) groups is 2. The molecule has 1 heterocycles. The second kappa shape index (κ2) is 3.11. The molecule has 1 N–H and O–H groups in total. The summed E-state index contributed by atoms with van der Waals surface area (Å²) < 4.78 is 42.0. The van der Waals surface area contributed by atoms with E-state index in [1.807, 2.05) is 0 Å². The van der Waals surface area contributed by atoms with Crippen LogP contribution in [-0.4, -0.2) is 28.8 Å². The highest BCUT2D eigenvalue weighted by molar-refractivity contribution is 5.88. The number of hydrogen-bond donors (Lipinski definition) is 1. The summed E-state index contributed by atoms with van der Waals surface area (Å²) in [5, 5.41) is 8.64. The van der Waals surface area contributed by atoms with Crippen LogP contribution >= 0.6 is 0 Å². The van der Waals surface area contributed by atoms with Crippen LogP contribution in [0.15, 0.2) is 0 Å². The normalized spacial score (nSPS) is 34.9. The summed E-state index contributed by atoms with van der Waals surface area (Å²) >= 11 is 0. The summed E-state index contributed by atoms with van der Waals surface area (Å²) in [6.45, 7) is 0. The lowest BCUT2D eigenvalue weighted by Crippen LogP contribution is -2.52. The minimum Gasteiger partial charge on any atom is -0.478 e. The lowest BCUT2D eigenvalue weighted by molar-refractivity contribution is -0.258. The Bertz CT molecular complexity index is 347. The van der Waals surface area contributed by atoms with Gasteiger partial charge >= 0.3 is 23.7 Å². The molecule has 1 saturated heterocycles. The van der Waals surface area contributed by atoms with Crippen LogP contribution in [0.4, 0.5) is 13.2 Å². The zero-order chi connectivity index (χ0) is 12.1. The summed E-state index contributed by atoms with van der Waals surface area (Å²) in [6.07, 6.45) is -4.55. The Kier molecular flexibility index (Phi) is 2.18. The van der Waals surface area contributed by atoms with Crippen molar-refractivity contribution in [2.75, 3.05) is 0 Å². The van der Waals surface area contributed by atoms with Gasteiger partial charge in [0.15, 0.2) is 0 Å². The third-order valence-electron chi connectivity index (χ3n) is 3.08. The average molecular weight is 238 g/mol. The fourth-order valence-electron chi connectivity index (χ4n) is 1.97. The highest BCUT2D eigenvalue weighted by Crippen LogP contribution is 2.51. The van der Waals surface area contributed by atoms with Crippen molar-refractivity contribution in [3.05, 3.63) is 0 Å². The van der Waals surface area contributed by atoms with Gasteiger partial charge in [-0.15, -0.1) is 0 Å². The van der Waals surface area contributed by atoms with Crippen LogP contribution in [0.25, 0.3) is 0 Å². The van der Waals surface area contributed by atoms with Crippen molar-refractivity contribution in [2.24, 2.45) is 11.8 Å². The quantitative estimate of drug-likeness (QED) is 0.737. The van der Waals surface area contributed by atoms with Gasteiger partial charge in [0.05, 0.1) is 5.92 Å². The number of carboxylic acid groups (broad SMARTS) is 1. The van der Waals surface area contributed by atoms with E-state index in [1.165, 1.54) is 0 Å². The molecule has 7 heteroatoms. The average Bonchev–Trinajstić information content (AvgIpc) is 2.88. The van der Waals surface area contributed by atoms with Crippen LogP contribution in [0.2, 0.25) is 0 Å². The molecule has 1 aliphatic heterocycles. The van der Waals surface area contributed by atoms with Gasteiger partial charge in [-0.05, 0) is 18.8 Å². The van der Waals surface area contributed by atoms with Crippen molar-refractivity contribution in [1.82, 2.24) is 0 Å². The first kappa shape index (κ1) is 11.2. The van der Waals surface area contributed by atoms with E-state index in [0.717, 1.165) is 0 Å². The van der Waals surface area contributed by atoms with Crippen molar-refractivity contribution in [3.63, 3.8) is 0 Å². The molecule has 1 aliphatic carbocycles. The zero-order valence-electron chi connectivity index (χ0n) is 8.08. The zero-order valence-corrected chi connectivity index (χ0v) is 8.08. The molecule has 0 radical (unpaired) electrons. The summed E-state index contributed by atoms with van der Waals surface area (Å²) in [7, 11) is 0. The minimum atomic E-state index is -5.07. The van der Waals surface area contributed by atoms with E-state index in [0.29, 0.717) is 12.8 Å². The van der Waals surface area contributed by atoms with Gasteiger partial charge in [0.25, 0.3) is 0 Å². The summed E-state index contributed by atoms with van der Waals surface area (Å²) in [4.78, 5) is 21.9. The van der Waals surface area contributed by atoms with E-state index in [1.54, 1.807) is 0 Å². The van der Waals surface area contributed by atoms with Gasteiger partial charge in [-0.3, -0.25) is 4.79 Å². The first-order valence-corrected chi connectivity index (χ1v) is 4.81. The maximum absolute atomic E-state index is 12.6. The third-order valence-corrected chi connectivity index (χ3v) is 3.08. The van der Waals surface area contributed by atoms with E-state index >= 15 is 0 Å². The number of aliphatic carboxylic acids is 1. The molecule has 2 rings (SSSR count). The standard InChI is InChI=1S/C9H9F3O4/c10-9(11,12)8(7(14)15)3-5(4-1-2-4)6(13)16-8/h4-5H,1-3H2,(H,14,15). The van der Waals surface area contributed by atoms with E-state index in [9.17, 15) is 22.8 Å². The smallest absolute Gasteiger partial charge is 0.439 e. The van der Waals surface area contributed by atoms with Crippen LogP contribution in [0.1, 0.15) is 19.3 Å². The maximum Gasteiger partial charge on any atom is 0.439 e. The Morgan fingerprint density at radius 2 is 2.00 bits per heavy atom. The number of esters is 1. The summed E-state index contributed by atoms with van der Waals surface area (Å²) in [5.41, 5.74) is -3.34. The molecular formula is C9H9F3O4. The predicted molar refractivity (Wildman–Crippen MR) is 43.3 cm³/mol. The van der Waals surface area contributed by atoms with E-state index < -0.39 is 36.1 Å². The number of carboxylic acids is 1. The van der Waals surface area contributed by atoms with Gasteiger partial charge in [-0.1, -0.05) is 0 Å². The van der Waals surface area contributed by atoms with Gasteiger partial charge < -0.3 is 9.84 Å². The lowest BCUT2D eigenvalue weighted by Gasteiger charge is -2.25. The van der Waals surface area contributed by atoms with Crippen LogP contribution < -0.4 is 0 Å². The Hall–Kier alpha value is -1.27. The van der Waals surface area contributed by atoms with E-state index in [-0.39, 0.29) is 5.92 Å². The summed E-state index contributed by atoms with van der Waals surface area (Å²) in [5.74, 6) is -4.24. The van der Waals surface area contributed by atoms with Crippen molar-refractivity contribution in [2.45, 2.75) is 31.0 Å². The molecule has 4 nitrogen and oxygen atoms in total. The van der Waals surface area contributed by atoms with Crippen LogP contribution in [-0.2, 0) is 14.3 Å². The van der Waals surface area contributed by atoms with Gasteiger partial charge in [-0.2, -0.15) is 13.2 Å². The molecule has 0 aromatic rings. The fraction of sp³-hybridized carbons (Fsp3) is 0.778. The SMILES string of the molecule is O=C1OC(C(=O)O)(C(F)(F)F)CC1C1CC1. The number of ether oxygens (including phenoxy) is 1. The third kappa shape index (κ3) is 1.45. The van der Waals surface area contributed by atoms with Crippen LogP contribution in [0.3, 0.4) is 0 Å². The molecular weight excluding hydrogens is 229 g/mol. The minimum absolute atomic E-state index is 0.143. The van der Waals surface area contributed by atoms with Crippen LogP contribution in [0, 0.1) is 11.8 Å². The molecule has 1 saturated carbocycles. The maximum atomic E-state index is 12.6. The predicted octanol–water partition coefficient (Wildman–Crippen LogP) is 1.35. The van der Waals surface area contributed by atoms with Gasteiger partial charge in [0.2, 0.25) is 0 Å². The molecule has 90 valence electrons. The highest BCUT2D eigenvalue weighted by atomic mass is 19.4. The number of cyclic esters (lactones) is 1. The number of halogens is 3. The Balaban J connectivity index is 2.30. The monoisotopic (exact) mass is 238 g/mol. The Morgan fingerprint density at radius 3 is 2.31 bits per heavy atom. The van der Waals surface area contributed by atoms with Gasteiger partial charge in [-0.25, -0.2) is 4.79 Å². The lowest BCUT2D eigenvalue weighted by atomic mass is 9.90. The fourth-order valence-corrected chi connectivity index (χ4v) is 1.97. The van der Waals surface area contributed by atoms with Crippen molar-refractivity contribution in [3.8, 4) is 0 Å². The first-order chi connectivity index (χ1) is 7.28. The van der Waals surface area contributed by atoms with E-state index in [4.69, 9.17) is 5.11 Å². The molecule has 16 heavy (non-hydrogen) atoms. The molecule has 0 bridgehead atoms. The number of hydrogen-bond acceptors (Lipinski definition) is 3. The second-order valence-corrected chi connectivity index (χ2v) is 4.20. The molecule has 0 aromatic heterocycles. The molecule has 2 aliphatic rings. The van der Waals surface area contributed by atoms with Crippen molar-refractivity contribution < 1.29 is 32.6 Å². The first-order valence-electron chi connectivity index (χ1n) is 4.81. The van der Waals surface area contributed by atoms with Crippen molar-refractivity contribution in [1.29, 1.82) is 0 Å². The second-order valence-electron chi connectivity index (χ2n) is 4.20. The molecule has 2 unspecified atom stereocenters. The largest absolute Gasteiger partial charge is 0.478 e. The van der Waals surface area contributed by atoms with Gasteiger partial charge in [0, 0.05) is 6.42 Å². The van der Waals surface area contributed by atoms with Gasteiger partial charge in [0.1, 0.15) is 0 Å². The van der Waals surface area contributed by atoms with Crippen molar-refractivity contribution >= 4 is 11.9 Å². The molecule has 2 atom stereocenters. The number of rotatable bonds is 2. The summed E-state index contributed by atoms with van der Waals surface area (Å²) in [6, 6.07) is 0. The van der Waals surface area contributed by atoms with Crippen LogP contribution in [0.5, 0.6) is 0 Å². The number of carbonyl (C=O) groups excluding carboxylic acids is 1. The van der Waals surface area contributed by atoms with E-state index in [2.05, 4.69) is 4.74 Å². The molecule has 2 fully saturated rings. The molecule has 0 aromatic carbocycles. The Labute approximate surface area is 88.4 Å². The number of alkyl halides is 3. The molecule has 0 amide bonds. The highest BCUT2D eigenvalue weighted by Gasteiger charge is 2.70.